The minimum Gasteiger partial charge on any atom is -0.370 e. The van der Waals surface area contributed by atoms with Crippen molar-refractivity contribution >= 4 is 27.2 Å². The molecular formula is C19H25N5OS. The molecule has 1 saturated heterocycles. The summed E-state index contributed by atoms with van der Waals surface area (Å²) in [4.78, 5) is 14.4. The fourth-order valence-electron chi connectivity index (χ4n) is 4.23. The summed E-state index contributed by atoms with van der Waals surface area (Å²) < 4.78 is 7.85. The molecule has 5 heterocycles. The molecule has 3 aromatic rings. The van der Waals surface area contributed by atoms with E-state index in [-0.39, 0.29) is 5.60 Å². The average Bonchev–Trinajstić information content (AvgIpc) is 3.16. The maximum absolute atomic E-state index is 5.98. The van der Waals surface area contributed by atoms with E-state index < -0.39 is 0 Å². The Morgan fingerprint density at radius 3 is 3.08 bits per heavy atom. The minimum atomic E-state index is -0.139. The zero-order valence-corrected chi connectivity index (χ0v) is 16.5. The van der Waals surface area contributed by atoms with Crippen molar-refractivity contribution in [2.75, 3.05) is 6.54 Å². The Morgan fingerprint density at radius 2 is 2.23 bits per heavy atom. The fourth-order valence-corrected chi connectivity index (χ4v) is 5.29. The Morgan fingerprint density at radius 1 is 1.35 bits per heavy atom. The van der Waals surface area contributed by atoms with Crippen molar-refractivity contribution < 1.29 is 4.74 Å². The van der Waals surface area contributed by atoms with Crippen molar-refractivity contribution in [1.82, 2.24) is 24.5 Å². The third-order valence-corrected chi connectivity index (χ3v) is 6.85. The number of fused-ring (bicyclic) bond motifs is 5. The van der Waals surface area contributed by atoms with Gasteiger partial charge in [0, 0.05) is 17.3 Å². The second-order valence-electron chi connectivity index (χ2n) is 8.27. The zero-order chi connectivity index (χ0) is 17.9. The van der Waals surface area contributed by atoms with E-state index in [1.54, 1.807) is 11.3 Å². The number of rotatable bonds is 2. The molecule has 0 amide bonds. The third kappa shape index (κ3) is 2.73. The molecule has 2 aliphatic heterocycles. The summed E-state index contributed by atoms with van der Waals surface area (Å²) in [6, 6.07) is 0.611. The molecule has 0 spiro atoms. The van der Waals surface area contributed by atoms with Gasteiger partial charge in [0.15, 0.2) is 11.5 Å². The first kappa shape index (κ1) is 16.6. The third-order valence-electron chi connectivity index (χ3n) is 5.74. The Balaban J connectivity index is 1.58. The summed E-state index contributed by atoms with van der Waals surface area (Å²) in [5.41, 5.74) is 2.16. The number of nitrogens with zero attached hydrogens (tertiary/aromatic N) is 5. The molecule has 0 aromatic carbocycles. The zero-order valence-electron chi connectivity index (χ0n) is 15.7. The minimum absolute atomic E-state index is 0.139. The van der Waals surface area contributed by atoms with Gasteiger partial charge in [0.1, 0.15) is 11.2 Å². The summed E-state index contributed by atoms with van der Waals surface area (Å²) in [7, 11) is 0. The summed E-state index contributed by atoms with van der Waals surface area (Å²) in [5.74, 6) is 0.902. The molecular weight excluding hydrogens is 346 g/mol. The highest BCUT2D eigenvalue weighted by Crippen LogP contribution is 2.39. The summed E-state index contributed by atoms with van der Waals surface area (Å²) >= 11 is 1.73. The van der Waals surface area contributed by atoms with Crippen molar-refractivity contribution in [2.24, 2.45) is 0 Å². The molecule has 0 radical (unpaired) electrons. The smallest absolute Gasteiger partial charge is 0.168 e. The molecule has 0 unspecified atom stereocenters. The number of aromatic nitrogens is 4. The van der Waals surface area contributed by atoms with Gasteiger partial charge in [-0.25, -0.2) is 14.5 Å². The monoisotopic (exact) mass is 371 g/mol. The lowest BCUT2D eigenvalue weighted by atomic mass is 9.94. The van der Waals surface area contributed by atoms with Gasteiger partial charge < -0.3 is 4.74 Å². The molecule has 1 atom stereocenters. The first-order chi connectivity index (χ1) is 12.5. The lowest BCUT2D eigenvalue weighted by Crippen LogP contribution is -2.37. The molecule has 138 valence electrons. The highest BCUT2D eigenvalue weighted by Gasteiger charge is 2.31. The van der Waals surface area contributed by atoms with Gasteiger partial charge in [0.2, 0.25) is 0 Å². The Labute approximate surface area is 157 Å². The lowest BCUT2D eigenvalue weighted by molar-refractivity contribution is -0.0379. The van der Waals surface area contributed by atoms with Gasteiger partial charge in [-0.3, -0.25) is 4.90 Å². The molecule has 26 heavy (non-hydrogen) atoms. The van der Waals surface area contributed by atoms with Crippen molar-refractivity contribution in [3.8, 4) is 0 Å². The molecule has 6 nitrogen and oxygen atoms in total. The molecule has 0 bridgehead atoms. The van der Waals surface area contributed by atoms with Gasteiger partial charge in [-0.05, 0) is 45.7 Å². The van der Waals surface area contributed by atoms with E-state index in [2.05, 4.69) is 30.7 Å². The highest BCUT2D eigenvalue weighted by atomic mass is 32.1. The Hall–Kier alpha value is -1.57. The van der Waals surface area contributed by atoms with E-state index in [1.807, 2.05) is 10.8 Å². The molecule has 0 N–H and O–H groups in total. The van der Waals surface area contributed by atoms with Crippen LogP contribution in [0, 0.1) is 0 Å². The van der Waals surface area contributed by atoms with Crippen LogP contribution in [0.4, 0.5) is 0 Å². The number of hydrogen-bond donors (Lipinski definition) is 0. The van der Waals surface area contributed by atoms with E-state index >= 15 is 0 Å². The summed E-state index contributed by atoms with van der Waals surface area (Å²) in [6.07, 6.45) is 6.58. The quantitative estimate of drug-likeness (QED) is 0.689. The second-order valence-corrected chi connectivity index (χ2v) is 9.35. The van der Waals surface area contributed by atoms with E-state index in [4.69, 9.17) is 14.8 Å². The van der Waals surface area contributed by atoms with Crippen LogP contribution in [-0.2, 0) is 24.3 Å². The lowest BCUT2D eigenvalue weighted by Gasteiger charge is -2.32. The average molecular weight is 372 g/mol. The molecule has 1 fully saturated rings. The van der Waals surface area contributed by atoms with Gasteiger partial charge in [0.05, 0.1) is 24.1 Å². The maximum Gasteiger partial charge on any atom is 0.168 e. The van der Waals surface area contributed by atoms with E-state index in [9.17, 15) is 0 Å². The number of piperidine rings is 1. The maximum atomic E-state index is 5.98. The van der Waals surface area contributed by atoms with Crippen molar-refractivity contribution in [1.29, 1.82) is 0 Å². The molecule has 0 aliphatic carbocycles. The number of hydrogen-bond acceptors (Lipinski definition) is 6. The van der Waals surface area contributed by atoms with Crippen LogP contribution in [0.15, 0.2) is 6.33 Å². The molecule has 2 aliphatic rings. The van der Waals surface area contributed by atoms with Gasteiger partial charge in [-0.15, -0.1) is 16.4 Å². The van der Waals surface area contributed by atoms with Crippen LogP contribution in [0.5, 0.6) is 0 Å². The van der Waals surface area contributed by atoms with Crippen molar-refractivity contribution in [2.45, 2.75) is 71.2 Å². The van der Waals surface area contributed by atoms with Crippen LogP contribution >= 0.6 is 11.3 Å². The first-order valence-electron chi connectivity index (χ1n) is 9.53. The van der Waals surface area contributed by atoms with E-state index in [1.165, 1.54) is 35.1 Å². The highest BCUT2D eigenvalue weighted by molar-refractivity contribution is 7.19. The molecule has 3 aromatic heterocycles. The fraction of sp³-hybridized carbons (Fsp3) is 0.632. The van der Waals surface area contributed by atoms with Crippen LogP contribution in [-0.4, -0.2) is 42.7 Å². The Kier molecular flexibility index (Phi) is 3.81. The number of likely N-dealkylation sites (tertiary alicyclic amines) is 1. The van der Waals surface area contributed by atoms with Gasteiger partial charge in [-0.2, -0.15) is 0 Å². The predicted octanol–water partition coefficient (Wildman–Crippen LogP) is 3.56. The van der Waals surface area contributed by atoms with Gasteiger partial charge in [0.25, 0.3) is 0 Å². The second kappa shape index (κ2) is 5.97. The van der Waals surface area contributed by atoms with Crippen LogP contribution in [0.3, 0.4) is 0 Å². The van der Waals surface area contributed by atoms with E-state index in [0.29, 0.717) is 12.6 Å². The summed E-state index contributed by atoms with van der Waals surface area (Å²) in [5, 5.41) is 5.91. The topological polar surface area (TPSA) is 55.6 Å². The standard InChI is InChI=1S/C19H25N5OS/c1-12-6-4-5-7-23(12)9-15-21-17-16-13-8-19(2,3)25-10-14(13)26-18(16)20-11-24(17)22-15/h11-12H,4-10H2,1-3H3/t12-/m1/s1. The van der Waals surface area contributed by atoms with Crippen LogP contribution in [0.1, 0.15) is 56.3 Å². The Bertz CT molecular complexity index is 975. The van der Waals surface area contributed by atoms with Gasteiger partial charge in [-0.1, -0.05) is 6.42 Å². The van der Waals surface area contributed by atoms with Gasteiger partial charge >= 0.3 is 0 Å². The molecule has 5 rings (SSSR count). The summed E-state index contributed by atoms with van der Waals surface area (Å²) in [6.45, 7) is 9.25. The van der Waals surface area contributed by atoms with Crippen LogP contribution in [0.2, 0.25) is 0 Å². The normalized spacial score (nSPS) is 23.6. The SMILES string of the molecule is C[C@@H]1CCCCN1Cc1nc2c3c4c(sc3ncn2n1)COC(C)(C)C4. The van der Waals surface area contributed by atoms with Crippen molar-refractivity contribution in [3.05, 3.63) is 22.6 Å². The molecule has 7 heteroatoms. The number of ether oxygens (including phenoxy) is 1. The van der Waals surface area contributed by atoms with Crippen LogP contribution < -0.4 is 0 Å². The molecule has 0 saturated carbocycles. The predicted molar refractivity (Wildman–Crippen MR) is 102 cm³/mol. The van der Waals surface area contributed by atoms with Crippen LogP contribution in [0.25, 0.3) is 15.9 Å². The largest absolute Gasteiger partial charge is 0.370 e. The number of thiophene rings is 1. The van der Waals surface area contributed by atoms with E-state index in [0.717, 1.165) is 35.8 Å². The first-order valence-corrected chi connectivity index (χ1v) is 10.3. The van der Waals surface area contributed by atoms with Crippen molar-refractivity contribution in [3.63, 3.8) is 0 Å².